The molecule has 74 valence electrons. The quantitative estimate of drug-likeness (QED) is 0.531. The minimum absolute atomic E-state index is 0.778. The van der Waals surface area contributed by atoms with E-state index >= 15 is 0 Å². The molecule has 0 aliphatic heterocycles. The molecule has 0 unspecified atom stereocenters. The Balaban J connectivity index is 2.10. The Morgan fingerprint density at radius 3 is 2.93 bits per heavy atom. The van der Waals surface area contributed by atoms with Gasteiger partial charge in [0.05, 0.1) is 0 Å². The molecule has 0 radical (unpaired) electrons. The number of alkyl halides is 1. The van der Waals surface area contributed by atoms with Gasteiger partial charge in [-0.05, 0) is 47.7 Å². The van der Waals surface area contributed by atoms with Crippen molar-refractivity contribution in [1.82, 2.24) is 0 Å². The van der Waals surface area contributed by atoms with E-state index < -0.39 is 0 Å². The third-order valence-electron chi connectivity index (χ3n) is 2.37. The SMILES string of the molecule is ClCCCCc1ccc2sccc2c1. The molecule has 0 saturated heterocycles. The number of benzene rings is 1. The van der Waals surface area contributed by atoms with Crippen LogP contribution in [-0.4, -0.2) is 5.88 Å². The summed E-state index contributed by atoms with van der Waals surface area (Å²) in [5.74, 6) is 0.778. The van der Waals surface area contributed by atoms with Crippen molar-refractivity contribution in [3.8, 4) is 0 Å². The number of aryl methyl sites for hydroxylation is 1. The van der Waals surface area contributed by atoms with Crippen molar-refractivity contribution < 1.29 is 0 Å². The highest BCUT2D eigenvalue weighted by Gasteiger charge is 1.97. The van der Waals surface area contributed by atoms with E-state index in [1.165, 1.54) is 22.1 Å². The molecule has 0 bridgehead atoms. The summed E-state index contributed by atoms with van der Waals surface area (Å²) < 4.78 is 1.38. The van der Waals surface area contributed by atoms with Gasteiger partial charge in [0.25, 0.3) is 0 Å². The zero-order chi connectivity index (χ0) is 9.80. The molecule has 1 aromatic carbocycles. The maximum atomic E-state index is 5.65. The maximum Gasteiger partial charge on any atom is 0.0342 e. The molecule has 0 amide bonds. The van der Waals surface area contributed by atoms with E-state index in [0.717, 1.165) is 18.7 Å². The summed E-state index contributed by atoms with van der Waals surface area (Å²) in [7, 11) is 0. The van der Waals surface area contributed by atoms with Crippen LogP contribution in [0, 0.1) is 0 Å². The lowest BCUT2D eigenvalue weighted by Crippen LogP contribution is -1.85. The third-order valence-corrected chi connectivity index (χ3v) is 3.53. The summed E-state index contributed by atoms with van der Waals surface area (Å²) in [5.41, 5.74) is 1.43. The van der Waals surface area contributed by atoms with Crippen molar-refractivity contribution in [1.29, 1.82) is 0 Å². The highest BCUT2D eigenvalue weighted by molar-refractivity contribution is 7.17. The number of unbranched alkanes of at least 4 members (excludes halogenated alkanes) is 1. The first kappa shape index (κ1) is 10.0. The number of halogens is 1. The Kier molecular flexibility index (Phi) is 3.44. The normalized spacial score (nSPS) is 10.9. The molecule has 2 heteroatoms. The first-order valence-corrected chi connectivity index (χ1v) is 6.33. The summed E-state index contributed by atoms with van der Waals surface area (Å²) in [6.07, 6.45) is 3.46. The number of thiophene rings is 1. The second-order valence-corrected chi connectivity index (χ2v) is 4.76. The molecule has 1 aromatic heterocycles. The van der Waals surface area contributed by atoms with Crippen LogP contribution in [0.5, 0.6) is 0 Å². The summed E-state index contributed by atoms with van der Waals surface area (Å²) in [5, 5.41) is 3.52. The van der Waals surface area contributed by atoms with E-state index in [-0.39, 0.29) is 0 Å². The molecule has 2 rings (SSSR count). The first-order chi connectivity index (χ1) is 6.90. The molecular formula is C12H13ClS. The van der Waals surface area contributed by atoms with Gasteiger partial charge in [-0.2, -0.15) is 0 Å². The predicted molar refractivity (Wildman–Crippen MR) is 65.5 cm³/mol. The van der Waals surface area contributed by atoms with Crippen LogP contribution in [-0.2, 0) is 6.42 Å². The van der Waals surface area contributed by atoms with Crippen molar-refractivity contribution in [2.45, 2.75) is 19.3 Å². The summed E-state index contributed by atoms with van der Waals surface area (Å²) in [4.78, 5) is 0. The molecule has 0 nitrogen and oxygen atoms in total. The monoisotopic (exact) mass is 224 g/mol. The predicted octanol–water partition coefficient (Wildman–Crippen LogP) is 4.46. The zero-order valence-corrected chi connectivity index (χ0v) is 9.57. The van der Waals surface area contributed by atoms with Gasteiger partial charge >= 0.3 is 0 Å². The summed E-state index contributed by atoms with van der Waals surface area (Å²) >= 11 is 7.45. The number of hydrogen-bond donors (Lipinski definition) is 0. The fraction of sp³-hybridized carbons (Fsp3) is 0.333. The lowest BCUT2D eigenvalue weighted by molar-refractivity contribution is 0.800. The zero-order valence-electron chi connectivity index (χ0n) is 8.00. The largest absolute Gasteiger partial charge is 0.144 e. The van der Waals surface area contributed by atoms with E-state index in [1.54, 1.807) is 11.3 Å². The Hall–Kier alpha value is -0.530. The van der Waals surface area contributed by atoms with Gasteiger partial charge in [0.15, 0.2) is 0 Å². The van der Waals surface area contributed by atoms with Crippen molar-refractivity contribution in [2.75, 3.05) is 5.88 Å². The highest BCUT2D eigenvalue weighted by Crippen LogP contribution is 2.22. The van der Waals surface area contributed by atoms with E-state index in [0.29, 0.717) is 0 Å². The van der Waals surface area contributed by atoms with E-state index in [9.17, 15) is 0 Å². The van der Waals surface area contributed by atoms with Crippen molar-refractivity contribution in [3.63, 3.8) is 0 Å². The van der Waals surface area contributed by atoms with Crippen LogP contribution < -0.4 is 0 Å². The molecule has 14 heavy (non-hydrogen) atoms. The van der Waals surface area contributed by atoms with Gasteiger partial charge in [0.2, 0.25) is 0 Å². The molecule has 0 aliphatic carbocycles. The van der Waals surface area contributed by atoms with E-state index in [1.807, 2.05) is 0 Å². The minimum atomic E-state index is 0.778. The van der Waals surface area contributed by atoms with E-state index in [4.69, 9.17) is 11.6 Å². The first-order valence-electron chi connectivity index (χ1n) is 4.92. The number of hydrogen-bond acceptors (Lipinski definition) is 1. The fourth-order valence-electron chi connectivity index (χ4n) is 1.60. The van der Waals surface area contributed by atoms with Gasteiger partial charge in [-0.15, -0.1) is 22.9 Å². The van der Waals surface area contributed by atoms with Crippen LogP contribution in [0.1, 0.15) is 18.4 Å². The molecule has 1 heterocycles. The number of fused-ring (bicyclic) bond motifs is 1. The molecule has 0 fully saturated rings. The minimum Gasteiger partial charge on any atom is -0.144 e. The van der Waals surface area contributed by atoms with Gasteiger partial charge in [-0.25, -0.2) is 0 Å². The average Bonchev–Trinajstić information content (AvgIpc) is 2.65. The summed E-state index contributed by atoms with van der Waals surface area (Å²) in [6, 6.07) is 8.92. The fourth-order valence-corrected chi connectivity index (χ4v) is 2.56. The van der Waals surface area contributed by atoms with Gasteiger partial charge in [0.1, 0.15) is 0 Å². The standard InChI is InChI=1S/C12H13ClS/c13-7-2-1-3-10-4-5-12-11(9-10)6-8-14-12/h4-6,8-9H,1-3,7H2. The van der Waals surface area contributed by atoms with Gasteiger partial charge < -0.3 is 0 Å². The lowest BCUT2D eigenvalue weighted by Gasteiger charge is -2.00. The number of rotatable bonds is 4. The Morgan fingerprint density at radius 1 is 1.14 bits per heavy atom. The second-order valence-electron chi connectivity index (χ2n) is 3.44. The molecule has 2 aromatic rings. The topological polar surface area (TPSA) is 0 Å². The highest BCUT2D eigenvalue weighted by atomic mass is 35.5. The molecular weight excluding hydrogens is 212 g/mol. The van der Waals surface area contributed by atoms with Crippen molar-refractivity contribution >= 4 is 33.0 Å². The van der Waals surface area contributed by atoms with Crippen LogP contribution >= 0.6 is 22.9 Å². The molecule has 0 N–H and O–H groups in total. The Bertz CT molecular complexity index is 405. The molecule has 0 aliphatic rings. The van der Waals surface area contributed by atoms with Crippen LogP contribution in [0.2, 0.25) is 0 Å². The van der Waals surface area contributed by atoms with Gasteiger partial charge in [-0.1, -0.05) is 12.1 Å². The third kappa shape index (κ3) is 2.28. The summed E-state index contributed by atoms with van der Waals surface area (Å²) in [6.45, 7) is 0. The van der Waals surface area contributed by atoms with Gasteiger partial charge in [0, 0.05) is 10.6 Å². The Labute approximate surface area is 93.5 Å². The van der Waals surface area contributed by atoms with Crippen molar-refractivity contribution in [3.05, 3.63) is 35.2 Å². The van der Waals surface area contributed by atoms with Crippen LogP contribution in [0.25, 0.3) is 10.1 Å². The second kappa shape index (κ2) is 4.81. The van der Waals surface area contributed by atoms with Crippen molar-refractivity contribution in [2.24, 2.45) is 0 Å². The van der Waals surface area contributed by atoms with Crippen LogP contribution in [0.15, 0.2) is 29.6 Å². The maximum absolute atomic E-state index is 5.65. The molecule has 0 atom stereocenters. The van der Waals surface area contributed by atoms with Crippen LogP contribution in [0.3, 0.4) is 0 Å². The van der Waals surface area contributed by atoms with E-state index in [2.05, 4.69) is 29.6 Å². The van der Waals surface area contributed by atoms with Crippen LogP contribution in [0.4, 0.5) is 0 Å². The molecule has 0 spiro atoms. The average molecular weight is 225 g/mol. The molecule has 0 saturated carbocycles. The smallest absolute Gasteiger partial charge is 0.0342 e. The lowest BCUT2D eigenvalue weighted by atomic mass is 10.1. The van der Waals surface area contributed by atoms with Gasteiger partial charge in [-0.3, -0.25) is 0 Å². The Morgan fingerprint density at radius 2 is 2.07 bits per heavy atom.